The van der Waals surface area contributed by atoms with Crippen LogP contribution in [0.15, 0.2) is 5.38 Å². The van der Waals surface area contributed by atoms with Gasteiger partial charge in [-0.15, -0.1) is 22.9 Å². The summed E-state index contributed by atoms with van der Waals surface area (Å²) >= 11 is 13.5. The van der Waals surface area contributed by atoms with Gasteiger partial charge in [-0.2, -0.15) is 0 Å². The number of hydrogen-bond donors (Lipinski definition) is 1. The highest BCUT2D eigenvalue weighted by atomic mass is 35.5. The van der Waals surface area contributed by atoms with Gasteiger partial charge in [-0.1, -0.05) is 24.4 Å². The van der Waals surface area contributed by atoms with E-state index in [1.54, 1.807) is 0 Å². The molecule has 1 saturated carbocycles. The molecule has 100 valence electrons. The molecule has 0 saturated heterocycles. The third-order valence-electron chi connectivity index (χ3n) is 3.68. The first-order valence-electron chi connectivity index (χ1n) is 6.16. The van der Waals surface area contributed by atoms with Crippen LogP contribution in [0.4, 0.5) is 0 Å². The van der Waals surface area contributed by atoms with Crippen LogP contribution in [-0.4, -0.2) is 18.3 Å². The molecule has 1 aromatic heterocycles. The Morgan fingerprint density at radius 1 is 1.50 bits per heavy atom. The molecule has 1 amide bonds. The van der Waals surface area contributed by atoms with E-state index >= 15 is 0 Å². The molecule has 0 bridgehead atoms. The Morgan fingerprint density at radius 2 is 2.17 bits per heavy atom. The van der Waals surface area contributed by atoms with Crippen molar-refractivity contribution in [1.29, 1.82) is 0 Å². The first-order chi connectivity index (χ1) is 8.58. The fourth-order valence-electron chi connectivity index (χ4n) is 2.41. The van der Waals surface area contributed by atoms with Gasteiger partial charge in [0.15, 0.2) is 0 Å². The zero-order valence-corrected chi connectivity index (χ0v) is 12.7. The molecule has 18 heavy (non-hydrogen) atoms. The van der Waals surface area contributed by atoms with Gasteiger partial charge in [-0.05, 0) is 30.7 Å². The van der Waals surface area contributed by atoms with E-state index in [9.17, 15) is 4.79 Å². The van der Waals surface area contributed by atoms with Gasteiger partial charge in [-0.25, -0.2) is 0 Å². The number of aryl methyl sites for hydroxylation is 1. The van der Waals surface area contributed by atoms with Crippen LogP contribution in [0.3, 0.4) is 0 Å². The summed E-state index contributed by atoms with van der Waals surface area (Å²) in [5.41, 5.74) is 1.05. The number of amides is 1. The van der Waals surface area contributed by atoms with Gasteiger partial charge in [0.1, 0.15) is 4.88 Å². The zero-order valence-electron chi connectivity index (χ0n) is 10.4. The van der Waals surface area contributed by atoms with Crippen LogP contribution in [0, 0.1) is 12.3 Å². The molecule has 0 unspecified atom stereocenters. The number of halogens is 2. The molecule has 1 fully saturated rings. The van der Waals surface area contributed by atoms with E-state index in [0.29, 0.717) is 22.3 Å². The fraction of sp³-hybridized carbons (Fsp3) is 0.615. The van der Waals surface area contributed by atoms with Crippen LogP contribution in [0.2, 0.25) is 5.02 Å². The molecule has 0 atom stereocenters. The number of rotatable bonds is 4. The smallest absolute Gasteiger partial charge is 0.262 e. The molecular formula is C13H17Cl2NOS. The molecule has 5 heteroatoms. The highest BCUT2D eigenvalue weighted by Gasteiger charge is 2.33. The van der Waals surface area contributed by atoms with Crippen LogP contribution < -0.4 is 5.32 Å². The highest BCUT2D eigenvalue weighted by Crippen LogP contribution is 2.38. The average molecular weight is 306 g/mol. The molecular weight excluding hydrogens is 289 g/mol. The monoisotopic (exact) mass is 305 g/mol. The van der Waals surface area contributed by atoms with Crippen molar-refractivity contribution in [3.63, 3.8) is 0 Å². The second-order valence-corrected chi connectivity index (χ2v) is 6.61. The summed E-state index contributed by atoms with van der Waals surface area (Å²) in [4.78, 5) is 12.7. The van der Waals surface area contributed by atoms with Gasteiger partial charge in [-0.3, -0.25) is 4.79 Å². The minimum atomic E-state index is -0.0745. The summed E-state index contributed by atoms with van der Waals surface area (Å²) in [7, 11) is 0. The quantitative estimate of drug-likeness (QED) is 0.828. The van der Waals surface area contributed by atoms with E-state index in [1.165, 1.54) is 24.2 Å². The fourth-order valence-corrected chi connectivity index (χ4v) is 3.97. The maximum atomic E-state index is 12.1. The van der Waals surface area contributed by atoms with Crippen molar-refractivity contribution in [2.75, 3.05) is 12.4 Å². The van der Waals surface area contributed by atoms with Crippen LogP contribution in [-0.2, 0) is 0 Å². The third-order valence-corrected chi connectivity index (χ3v) is 5.94. The van der Waals surface area contributed by atoms with Crippen LogP contribution in [0.1, 0.15) is 40.9 Å². The van der Waals surface area contributed by atoms with E-state index in [2.05, 4.69) is 5.32 Å². The molecule has 1 aliphatic carbocycles. The number of carbonyl (C=O) groups is 1. The molecule has 1 aromatic rings. The Bertz CT molecular complexity index is 438. The normalized spacial score (nSPS) is 17.9. The first kappa shape index (κ1) is 14.2. The Balaban J connectivity index is 1.98. The van der Waals surface area contributed by atoms with Crippen molar-refractivity contribution in [1.82, 2.24) is 5.32 Å². The van der Waals surface area contributed by atoms with E-state index in [-0.39, 0.29) is 11.3 Å². The predicted molar refractivity (Wildman–Crippen MR) is 78.0 cm³/mol. The molecule has 1 N–H and O–H groups in total. The lowest BCUT2D eigenvalue weighted by atomic mass is 9.88. The van der Waals surface area contributed by atoms with Gasteiger partial charge >= 0.3 is 0 Å². The van der Waals surface area contributed by atoms with Crippen molar-refractivity contribution in [2.45, 2.75) is 32.6 Å². The summed E-state index contributed by atoms with van der Waals surface area (Å²) in [5, 5.41) is 5.47. The van der Waals surface area contributed by atoms with E-state index in [0.717, 1.165) is 18.4 Å². The molecule has 2 rings (SSSR count). The van der Waals surface area contributed by atoms with Crippen molar-refractivity contribution in [3.8, 4) is 0 Å². The third kappa shape index (κ3) is 2.84. The minimum absolute atomic E-state index is 0.0745. The van der Waals surface area contributed by atoms with Crippen molar-refractivity contribution in [2.24, 2.45) is 5.41 Å². The van der Waals surface area contributed by atoms with Gasteiger partial charge < -0.3 is 5.32 Å². The maximum Gasteiger partial charge on any atom is 0.262 e. The lowest BCUT2D eigenvalue weighted by Crippen LogP contribution is -2.37. The summed E-state index contributed by atoms with van der Waals surface area (Å²) in [6.45, 7) is 2.56. The van der Waals surface area contributed by atoms with E-state index in [4.69, 9.17) is 23.2 Å². The van der Waals surface area contributed by atoms with Crippen molar-refractivity contribution >= 4 is 40.4 Å². The second-order valence-electron chi connectivity index (χ2n) is 5.09. The summed E-state index contributed by atoms with van der Waals surface area (Å²) in [6.07, 6.45) is 4.63. The van der Waals surface area contributed by atoms with Gasteiger partial charge in [0.2, 0.25) is 0 Å². The Hall–Kier alpha value is -0.250. The number of thiophene rings is 1. The number of nitrogens with one attached hydrogen (secondary N) is 1. The molecule has 0 aliphatic heterocycles. The van der Waals surface area contributed by atoms with Gasteiger partial charge in [0, 0.05) is 17.8 Å². The highest BCUT2D eigenvalue weighted by molar-refractivity contribution is 7.13. The van der Waals surface area contributed by atoms with Crippen molar-refractivity contribution < 1.29 is 4.79 Å². The average Bonchev–Trinajstić information content (AvgIpc) is 2.96. The summed E-state index contributed by atoms with van der Waals surface area (Å²) in [5.74, 6) is 0.541. The topological polar surface area (TPSA) is 29.1 Å². The predicted octanol–water partition coefficient (Wildman–Crippen LogP) is 4.24. The lowest BCUT2D eigenvalue weighted by molar-refractivity contribution is 0.0939. The van der Waals surface area contributed by atoms with E-state index in [1.807, 2.05) is 12.3 Å². The summed E-state index contributed by atoms with van der Waals surface area (Å²) in [6, 6.07) is 0. The Morgan fingerprint density at radius 3 is 2.67 bits per heavy atom. The largest absolute Gasteiger partial charge is 0.351 e. The molecule has 0 radical (unpaired) electrons. The Labute approximate surface area is 122 Å². The second kappa shape index (κ2) is 5.81. The van der Waals surface area contributed by atoms with Crippen LogP contribution >= 0.6 is 34.5 Å². The first-order valence-corrected chi connectivity index (χ1v) is 7.95. The van der Waals surface area contributed by atoms with Crippen LogP contribution in [0.5, 0.6) is 0 Å². The van der Waals surface area contributed by atoms with Crippen LogP contribution in [0.25, 0.3) is 0 Å². The zero-order chi connectivity index (χ0) is 13.2. The number of alkyl halides is 1. The number of carbonyl (C=O) groups excluding carboxylic acids is 1. The SMILES string of the molecule is Cc1csc(C(=O)NCC2(CCl)CCCC2)c1Cl. The lowest BCUT2D eigenvalue weighted by Gasteiger charge is -2.26. The van der Waals surface area contributed by atoms with E-state index < -0.39 is 0 Å². The van der Waals surface area contributed by atoms with Crippen molar-refractivity contribution in [3.05, 3.63) is 20.8 Å². The molecule has 1 heterocycles. The summed E-state index contributed by atoms with van der Waals surface area (Å²) < 4.78 is 0. The molecule has 2 nitrogen and oxygen atoms in total. The molecule has 0 spiro atoms. The molecule has 1 aliphatic rings. The molecule has 0 aromatic carbocycles. The minimum Gasteiger partial charge on any atom is -0.351 e. The van der Waals surface area contributed by atoms with Gasteiger partial charge in [0.05, 0.1) is 5.02 Å². The number of hydrogen-bond acceptors (Lipinski definition) is 2. The maximum absolute atomic E-state index is 12.1. The van der Waals surface area contributed by atoms with Gasteiger partial charge in [0.25, 0.3) is 5.91 Å². The standard InChI is InChI=1S/C13H17Cl2NOS/c1-9-6-18-11(10(9)15)12(17)16-8-13(7-14)4-2-3-5-13/h6H,2-5,7-8H2,1H3,(H,16,17). The Kier molecular flexibility index (Phi) is 4.57.